The van der Waals surface area contributed by atoms with Crippen LogP contribution in [-0.4, -0.2) is 7.11 Å². The highest BCUT2D eigenvalue weighted by molar-refractivity contribution is 5.97. The second kappa shape index (κ2) is 4.71. The van der Waals surface area contributed by atoms with Crippen molar-refractivity contribution in [2.45, 2.75) is 20.8 Å². The molecule has 0 aliphatic rings. The van der Waals surface area contributed by atoms with Gasteiger partial charge in [0, 0.05) is 16.5 Å². The number of methoxy groups -OCH3 is 1. The molecule has 3 aromatic rings. The number of fused-ring (bicyclic) bond motifs is 1. The molecule has 3 rings (SSSR count). The fourth-order valence-corrected chi connectivity index (χ4v) is 2.69. The van der Waals surface area contributed by atoms with Gasteiger partial charge in [-0.3, -0.25) is 0 Å². The van der Waals surface area contributed by atoms with Gasteiger partial charge in [0.05, 0.1) is 7.11 Å². The van der Waals surface area contributed by atoms with E-state index in [4.69, 9.17) is 9.15 Å². The topological polar surface area (TPSA) is 22.4 Å². The van der Waals surface area contributed by atoms with Crippen molar-refractivity contribution in [3.8, 4) is 16.9 Å². The van der Waals surface area contributed by atoms with Gasteiger partial charge >= 0.3 is 0 Å². The number of ether oxygens (including phenoxy) is 1. The molecule has 0 unspecified atom stereocenters. The van der Waals surface area contributed by atoms with E-state index < -0.39 is 0 Å². The average Bonchev–Trinajstić information content (AvgIpc) is 2.74. The van der Waals surface area contributed by atoms with E-state index in [0.717, 1.165) is 33.6 Å². The quantitative estimate of drug-likeness (QED) is 0.648. The van der Waals surface area contributed by atoms with Crippen molar-refractivity contribution in [2.75, 3.05) is 7.11 Å². The maximum absolute atomic E-state index is 5.89. The van der Waals surface area contributed by atoms with E-state index in [1.807, 2.05) is 19.1 Å². The minimum Gasteiger partial charge on any atom is -0.496 e. The SMILES string of the molecule is COc1ccc(C)cc1-c1c(C)oc2ccc(C)cc12. The zero-order valence-corrected chi connectivity index (χ0v) is 12.3. The molecule has 1 heterocycles. The van der Waals surface area contributed by atoms with E-state index in [1.165, 1.54) is 11.1 Å². The lowest BCUT2D eigenvalue weighted by Crippen LogP contribution is -1.89. The monoisotopic (exact) mass is 266 g/mol. The third-order valence-corrected chi connectivity index (χ3v) is 3.64. The maximum Gasteiger partial charge on any atom is 0.134 e. The summed E-state index contributed by atoms with van der Waals surface area (Å²) in [5, 5.41) is 1.14. The van der Waals surface area contributed by atoms with Crippen LogP contribution in [0.25, 0.3) is 22.1 Å². The first kappa shape index (κ1) is 12.8. The average molecular weight is 266 g/mol. The van der Waals surface area contributed by atoms with Crippen LogP contribution in [0.3, 0.4) is 0 Å². The number of rotatable bonds is 2. The summed E-state index contributed by atoms with van der Waals surface area (Å²) in [4.78, 5) is 0. The molecule has 0 aliphatic heterocycles. The van der Waals surface area contributed by atoms with Crippen molar-refractivity contribution in [1.82, 2.24) is 0 Å². The summed E-state index contributed by atoms with van der Waals surface area (Å²) in [5.41, 5.74) is 5.58. The smallest absolute Gasteiger partial charge is 0.134 e. The van der Waals surface area contributed by atoms with Gasteiger partial charge < -0.3 is 9.15 Å². The Morgan fingerprint density at radius 2 is 1.60 bits per heavy atom. The third-order valence-electron chi connectivity index (χ3n) is 3.64. The van der Waals surface area contributed by atoms with E-state index in [2.05, 4.69) is 38.1 Å². The van der Waals surface area contributed by atoms with Crippen molar-refractivity contribution < 1.29 is 9.15 Å². The van der Waals surface area contributed by atoms with Crippen LogP contribution in [-0.2, 0) is 0 Å². The summed E-state index contributed by atoms with van der Waals surface area (Å²) in [6, 6.07) is 12.5. The van der Waals surface area contributed by atoms with E-state index in [1.54, 1.807) is 7.11 Å². The Kier molecular flexibility index (Phi) is 3.01. The summed E-state index contributed by atoms with van der Waals surface area (Å²) in [5.74, 6) is 1.80. The standard InChI is InChI=1S/C18H18O2/c1-11-5-7-16(19-4)14(9-11)18-13(3)20-17-8-6-12(2)10-15(17)18/h5-10H,1-4H3. The number of furan rings is 1. The van der Waals surface area contributed by atoms with Gasteiger partial charge in [-0.2, -0.15) is 0 Å². The fourth-order valence-electron chi connectivity index (χ4n) is 2.69. The largest absolute Gasteiger partial charge is 0.496 e. The predicted molar refractivity (Wildman–Crippen MR) is 82.4 cm³/mol. The van der Waals surface area contributed by atoms with Crippen LogP contribution in [0.15, 0.2) is 40.8 Å². The van der Waals surface area contributed by atoms with Crippen LogP contribution in [0.1, 0.15) is 16.9 Å². The Balaban J connectivity index is 2.37. The lowest BCUT2D eigenvalue weighted by molar-refractivity contribution is 0.416. The fraction of sp³-hybridized carbons (Fsp3) is 0.222. The molecule has 0 atom stereocenters. The second-order valence-electron chi connectivity index (χ2n) is 5.24. The molecule has 20 heavy (non-hydrogen) atoms. The van der Waals surface area contributed by atoms with E-state index >= 15 is 0 Å². The molecule has 0 amide bonds. The predicted octanol–water partition coefficient (Wildman–Crippen LogP) is 5.03. The summed E-state index contributed by atoms with van der Waals surface area (Å²) < 4.78 is 11.4. The molecule has 0 fully saturated rings. The van der Waals surface area contributed by atoms with Crippen LogP contribution in [0, 0.1) is 20.8 Å². The highest BCUT2D eigenvalue weighted by atomic mass is 16.5. The first-order chi connectivity index (χ1) is 9.60. The summed E-state index contributed by atoms with van der Waals surface area (Å²) in [6.07, 6.45) is 0. The van der Waals surface area contributed by atoms with Gasteiger partial charge in [0.2, 0.25) is 0 Å². The summed E-state index contributed by atoms with van der Waals surface area (Å²) >= 11 is 0. The maximum atomic E-state index is 5.89. The minimum absolute atomic E-state index is 0.878. The van der Waals surface area contributed by atoms with Crippen molar-refractivity contribution in [2.24, 2.45) is 0 Å². The van der Waals surface area contributed by atoms with Crippen LogP contribution in [0.4, 0.5) is 0 Å². The normalized spacial score (nSPS) is 11.0. The zero-order chi connectivity index (χ0) is 14.3. The first-order valence-electron chi connectivity index (χ1n) is 6.75. The molecule has 0 aliphatic carbocycles. The van der Waals surface area contributed by atoms with Gasteiger partial charge in [0.25, 0.3) is 0 Å². The molecule has 2 nitrogen and oxygen atoms in total. The summed E-state index contributed by atoms with van der Waals surface area (Å²) in [6.45, 7) is 6.19. The molecule has 1 aromatic heterocycles. The molecule has 0 saturated heterocycles. The van der Waals surface area contributed by atoms with Crippen LogP contribution in [0.5, 0.6) is 5.75 Å². The van der Waals surface area contributed by atoms with E-state index in [9.17, 15) is 0 Å². The highest BCUT2D eigenvalue weighted by Gasteiger charge is 2.16. The van der Waals surface area contributed by atoms with Crippen molar-refractivity contribution >= 4 is 11.0 Å². The zero-order valence-electron chi connectivity index (χ0n) is 12.3. The molecule has 0 radical (unpaired) electrons. The molecule has 0 N–H and O–H groups in total. The number of hydrogen-bond donors (Lipinski definition) is 0. The lowest BCUT2D eigenvalue weighted by Gasteiger charge is -2.09. The Hall–Kier alpha value is -2.22. The number of aryl methyl sites for hydroxylation is 3. The number of benzene rings is 2. The molecule has 102 valence electrons. The highest BCUT2D eigenvalue weighted by Crippen LogP contribution is 2.39. The number of hydrogen-bond acceptors (Lipinski definition) is 2. The van der Waals surface area contributed by atoms with Gasteiger partial charge in [0.15, 0.2) is 0 Å². The van der Waals surface area contributed by atoms with Crippen molar-refractivity contribution in [3.63, 3.8) is 0 Å². The molecular formula is C18H18O2. The van der Waals surface area contributed by atoms with E-state index in [-0.39, 0.29) is 0 Å². The Bertz CT molecular complexity index is 781. The van der Waals surface area contributed by atoms with Crippen molar-refractivity contribution in [1.29, 1.82) is 0 Å². The molecule has 2 heteroatoms. The van der Waals surface area contributed by atoms with Gasteiger partial charge in [-0.25, -0.2) is 0 Å². The van der Waals surface area contributed by atoms with Gasteiger partial charge in [0.1, 0.15) is 17.1 Å². The van der Waals surface area contributed by atoms with Crippen LogP contribution < -0.4 is 4.74 Å². The summed E-state index contributed by atoms with van der Waals surface area (Å²) in [7, 11) is 1.71. The Labute approximate surface area is 119 Å². The molecule has 2 aromatic carbocycles. The Morgan fingerprint density at radius 1 is 0.900 bits per heavy atom. The lowest BCUT2D eigenvalue weighted by atomic mass is 9.98. The van der Waals surface area contributed by atoms with Crippen LogP contribution in [0.2, 0.25) is 0 Å². The first-order valence-corrected chi connectivity index (χ1v) is 6.75. The Morgan fingerprint density at radius 3 is 2.35 bits per heavy atom. The van der Waals surface area contributed by atoms with E-state index in [0.29, 0.717) is 0 Å². The second-order valence-corrected chi connectivity index (χ2v) is 5.24. The van der Waals surface area contributed by atoms with Gasteiger partial charge in [-0.15, -0.1) is 0 Å². The molecule has 0 bridgehead atoms. The molecule has 0 saturated carbocycles. The van der Waals surface area contributed by atoms with Gasteiger partial charge in [-0.05, 0) is 45.0 Å². The van der Waals surface area contributed by atoms with Crippen LogP contribution >= 0.6 is 0 Å². The van der Waals surface area contributed by atoms with Gasteiger partial charge in [-0.1, -0.05) is 23.3 Å². The molecule has 0 spiro atoms. The minimum atomic E-state index is 0.878. The molecular weight excluding hydrogens is 248 g/mol. The van der Waals surface area contributed by atoms with Crippen molar-refractivity contribution in [3.05, 3.63) is 53.3 Å². The third kappa shape index (κ3) is 1.97.